The summed E-state index contributed by atoms with van der Waals surface area (Å²) in [5, 5.41) is 10.8. The van der Waals surface area contributed by atoms with Gasteiger partial charge in [0.25, 0.3) is 0 Å². The molecule has 0 aromatic rings. The number of rotatable bonds is 1. The quantitative estimate of drug-likeness (QED) is 0.747. The van der Waals surface area contributed by atoms with E-state index in [4.69, 9.17) is 9.47 Å². The van der Waals surface area contributed by atoms with Gasteiger partial charge < -0.3 is 14.6 Å². The summed E-state index contributed by atoms with van der Waals surface area (Å²) < 4.78 is 11.4. The molecule has 1 unspecified atom stereocenters. The average Bonchev–Trinajstić information content (AvgIpc) is 2.36. The summed E-state index contributed by atoms with van der Waals surface area (Å²) in [6.45, 7) is 9.75. The zero-order valence-electron chi connectivity index (χ0n) is 10.9. The van der Waals surface area contributed by atoms with E-state index in [9.17, 15) is 5.11 Å². The summed E-state index contributed by atoms with van der Waals surface area (Å²) in [5.41, 5.74) is -0.965. The third-order valence-corrected chi connectivity index (χ3v) is 4.08. The van der Waals surface area contributed by atoms with Gasteiger partial charge in [-0.2, -0.15) is 0 Å². The predicted octanol–water partition coefficient (Wildman–Crippen LogP) is 2.12. The molecule has 0 amide bonds. The van der Waals surface area contributed by atoms with Crippen LogP contribution in [0.15, 0.2) is 0 Å². The molecule has 2 heterocycles. The van der Waals surface area contributed by atoms with Gasteiger partial charge in [0.1, 0.15) is 0 Å². The van der Waals surface area contributed by atoms with Gasteiger partial charge in [0.05, 0.1) is 16.8 Å². The first-order valence-corrected chi connectivity index (χ1v) is 6.26. The summed E-state index contributed by atoms with van der Waals surface area (Å²) in [4.78, 5) is 0. The van der Waals surface area contributed by atoms with Gasteiger partial charge in [0.15, 0.2) is 0 Å². The molecular formula is C13H24O3. The Kier molecular flexibility index (Phi) is 2.84. The fourth-order valence-corrected chi connectivity index (χ4v) is 3.47. The standard InChI is InChI=1S/C13H24O3/c1-11(2)9-10(12(3,4)16-11)13(14)5-7-15-8-6-13/h10,14H,5-9H2,1-4H3. The monoisotopic (exact) mass is 228 g/mol. The fourth-order valence-electron chi connectivity index (χ4n) is 3.47. The second-order valence-electron chi connectivity index (χ2n) is 6.44. The summed E-state index contributed by atoms with van der Waals surface area (Å²) >= 11 is 0. The molecule has 0 aromatic heterocycles. The Morgan fingerprint density at radius 2 is 1.62 bits per heavy atom. The van der Waals surface area contributed by atoms with Crippen LogP contribution in [0.1, 0.15) is 47.0 Å². The Balaban J connectivity index is 2.19. The lowest BCUT2D eigenvalue weighted by Crippen LogP contribution is -2.49. The van der Waals surface area contributed by atoms with Gasteiger partial charge in [-0.25, -0.2) is 0 Å². The molecular weight excluding hydrogens is 204 g/mol. The second-order valence-corrected chi connectivity index (χ2v) is 6.44. The summed E-state index contributed by atoms with van der Waals surface area (Å²) in [5.74, 6) is 0.207. The van der Waals surface area contributed by atoms with Crippen molar-refractivity contribution in [2.24, 2.45) is 5.92 Å². The van der Waals surface area contributed by atoms with Crippen LogP contribution < -0.4 is 0 Å². The Labute approximate surface area is 98.1 Å². The third kappa shape index (κ3) is 2.13. The summed E-state index contributed by atoms with van der Waals surface area (Å²) in [6, 6.07) is 0. The lowest BCUT2D eigenvalue weighted by Gasteiger charge is -2.42. The van der Waals surface area contributed by atoms with Gasteiger partial charge in [-0.1, -0.05) is 0 Å². The van der Waals surface area contributed by atoms with Crippen LogP contribution in [0, 0.1) is 5.92 Å². The van der Waals surface area contributed by atoms with Gasteiger partial charge >= 0.3 is 0 Å². The first-order chi connectivity index (χ1) is 7.25. The zero-order valence-corrected chi connectivity index (χ0v) is 10.9. The molecule has 2 saturated heterocycles. The molecule has 16 heavy (non-hydrogen) atoms. The smallest absolute Gasteiger partial charge is 0.0748 e. The molecule has 3 heteroatoms. The molecule has 0 bridgehead atoms. The van der Waals surface area contributed by atoms with Crippen molar-refractivity contribution >= 4 is 0 Å². The molecule has 3 nitrogen and oxygen atoms in total. The Hall–Kier alpha value is -0.120. The van der Waals surface area contributed by atoms with Crippen molar-refractivity contribution in [2.45, 2.75) is 63.8 Å². The van der Waals surface area contributed by atoms with Crippen molar-refractivity contribution in [3.8, 4) is 0 Å². The number of hydrogen-bond acceptors (Lipinski definition) is 3. The maximum atomic E-state index is 10.8. The highest BCUT2D eigenvalue weighted by molar-refractivity contribution is 5.04. The molecule has 0 aromatic carbocycles. The van der Waals surface area contributed by atoms with E-state index in [-0.39, 0.29) is 17.1 Å². The molecule has 0 radical (unpaired) electrons. The van der Waals surface area contributed by atoms with Crippen molar-refractivity contribution in [1.29, 1.82) is 0 Å². The topological polar surface area (TPSA) is 38.7 Å². The van der Waals surface area contributed by atoms with Gasteiger partial charge in [-0.15, -0.1) is 0 Å². The third-order valence-electron chi connectivity index (χ3n) is 4.08. The maximum absolute atomic E-state index is 10.8. The highest BCUT2D eigenvalue weighted by atomic mass is 16.5. The average molecular weight is 228 g/mol. The largest absolute Gasteiger partial charge is 0.389 e. The van der Waals surface area contributed by atoms with E-state index in [2.05, 4.69) is 27.7 Å². The molecule has 1 N–H and O–H groups in total. The van der Waals surface area contributed by atoms with Crippen LogP contribution >= 0.6 is 0 Å². The first kappa shape index (κ1) is 12.3. The van der Waals surface area contributed by atoms with Gasteiger partial charge in [0.2, 0.25) is 0 Å². The van der Waals surface area contributed by atoms with Gasteiger partial charge in [-0.3, -0.25) is 0 Å². The van der Waals surface area contributed by atoms with E-state index in [1.54, 1.807) is 0 Å². The molecule has 2 rings (SSSR count). The first-order valence-electron chi connectivity index (χ1n) is 6.26. The normalized spacial score (nSPS) is 36.2. The van der Waals surface area contributed by atoms with Crippen LogP contribution in [0.4, 0.5) is 0 Å². The number of ether oxygens (including phenoxy) is 2. The Morgan fingerprint density at radius 3 is 2.06 bits per heavy atom. The zero-order chi connectivity index (χ0) is 12.0. The van der Waals surface area contributed by atoms with E-state index in [1.807, 2.05) is 0 Å². The molecule has 1 atom stereocenters. The van der Waals surface area contributed by atoms with Crippen LogP contribution in [0.5, 0.6) is 0 Å². The van der Waals surface area contributed by atoms with Crippen molar-refractivity contribution < 1.29 is 14.6 Å². The lowest BCUT2D eigenvalue weighted by atomic mass is 9.71. The molecule has 2 aliphatic rings. The minimum atomic E-state index is -0.602. The minimum Gasteiger partial charge on any atom is -0.389 e. The number of hydrogen-bond donors (Lipinski definition) is 1. The lowest BCUT2D eigenvalue weighted by molar-refractivity contribution is -0.143. The Bertz CT molecular complexity index is 264. The minimum absolute atomic E-state index is 0.123. The molecule has 2 aliphatic heterocycles. The highest BCUT2D eigenvalue weighted by Crippen LogP contribution is 2.49. The maximum Gasteiger partial charge on any atom is 0.0748 e. The van der Waals surface area contributed by atoms with E-state index in [0.717, 1.165) is 19.3 Å². The van der Waals surface area contributed by atoms with Crippen LogP contribution in [0.3, 0.4) is 0 Å². The van der Waals surface area contributed by atoms with E-state index in [0.29, 0.717) is 13.2 Å². The van der Waals surface area contributed by atoms with Crippen molar-refractivity contribution in [3.63, 3.8) is 0 Å². The van der Waals surface area contributed by atoms with E-state index < -0.39 is 5.60 Å². The molecule has 2 fully saturated rings. The summed E-state index contributed by atoms with van der Waals surface area (Å²) in [6.07, 6.45) is 2.40. The molecule has 0 saturated carbocycles. The van der Waals surface area contributed by atoms with Crippen molar-refractivity contribution in [2.75, 3.05) is 13.2 Å². The van der Waals surface area contributed by atoms with Crippen LogP contribution in [0.25, 0.3) is 0 Å². The highest BCUT2D eigenvalue weighted by Gasteiger charge is 2.55. The van der Waals surface area contributed by atoms with Crippen molar-refractivity contribution in [1.82, 2.24) is 0 Å². The van der Waals surface area contributed by atoms with Crippen molar-refractivity contribution in [3.05, 3.63) is 0 Å². The fraction of sp³-hybridized carbons (Fsp3) is 1.00. The van der Waals surface area contributed by atoms with Crippen LogP contribution in [-0.2, 0) is 9.47 Å². The van der Waals surface area contributed by atoms with Crippen LogP contribution in [0.2, 0.25) is 0 Å². The van der Waals surface area contributed by atoms with E-state index >= 15 is 0 Å². The molecule has 0 spiro atoms. The summed E-state index contributed by atoms with van der Waals surface area (Å²) in [7, 11) is 0. The molecule has 0 aliphatic carbocycles. The number of aliphatic hydroxyl groups is 1. The van der Waals surface area contributed by atoms with Gasteiger partial charge in [-0.05, 0) is 47.0 Å². The predicted molar refractivity (Wildman–Crippen MR) is 62.4 cm³/mol. The SMILES string of the molecule is CC1(C)CC(C2(O)CCOCC2)C(C)(C)O1. The second kappa shape index (κ2) is 3.69. The van der Waals surface area contributed by atoms with Crippen LogP contribution in [-0.4, -0.2) is 35.1 Å². The van der Waals surface area contributed by atoms with E-state index in [1.165, 1.54) is 0 Å². The van der Waals surface area contributed by atoms with Gasteiger partial charge in [0, 0.05) is 19.1 Å². The Morgan fingerprint density at radius 1 is 1.06 bits per heavy atom. The molecule has 94 valence electrons.